The molecule has 0 amide bonds. The Labute approximate surface area is 140 Å². The number of benzene rings is 2. The first-order chi connectivity index (χ1) is 8.90. The lowest BCUT2D eigenvalue weighted by Gasteiger charge is -2.16. The van der Waals surface area contributed by atoms with Crippen molar-refractivity contribution in [1.82, 2.24) is 0 Å². The smallest absolute Gasteiger partial charge is 0.0656 e. The molecule has 3 heteroatoms. The van der Waals surface area contributed by atoms with E-state index >= 15 is 0 Å². The second-order valence-corrected chi connectivity index (χ2v) is 7.45. The van der Waals surface area contributed by atoms with Crippen LogP contribution in [0.4, 0.5) is 0 Å². The molecule has 0 heterocycles. The average molecular weight is 447 g/mol. The molecular weight excluding hydrogens is 432 g/mol. The molecule has 0 N–H and O–H groups in total. The molecule has 0 aliphatic carbocycles. The van der Waals surface area contributed by atoms with E-state index in [1.165, 1.54) is 27.8 Å². The Hall–Kier alpha value is -0.120. The number of hydrogen-bond acceptors (Lipinski definition) is 0. The highest BCUT2D eigenvalue weighted by molar-refractivity contribution is 9.11. The molecule has 0 aliphatic rings. The van der Waals surface area contributed by atoms with Crippen LogP contribution in [-0.2, 0) is 0 Å². The van der Waals surface area contributed by atoms with Gasteiger partial charge in [-0.15, -0.1) is 0 Å². The summed E-state index contributed by atoms with van der Waals surface area (Å²) in [5, 5.41) is 0. The maximum Gasteiger partial charge on any atom is 0.0656 e. The molecular formula is C16H15Br3. The molecule has 0 spiro atoms. The SMILES string of the molecule is Cc1ccc(C(Br)c2cc(Br)c(C)cc2Br)cc1C. The fraction of sp³-hybridized carbons (Fsp3) is 0.250. The fourth-order valence-electron chi connectivity index (χ4n) is 1.96. The summed E-state index contributed by atoms with van der Waals surface area (Å²) in [6.45, 7) is 6.39. The minimum atomic E-state index is 0.193. The highest BCUT2D eigenvalue weighted by Crippen LogP contribution is 2.38. The van der Waals surface area contributed by atoms with Crippen LogP contribution in [-0.4, -0.2) is 0 Å². The van der Waals surface area contributed by atoms with Gasteiger partial charge in [0.2, 0.25) is 0 Å². The lowest BCUT2D eigenvalue weighted by atomic mass is 10.00. The monoisotopic (exact) mass is 444 g/mol. The molecule has 0 aliphatic heterocycles. The van der Waals surface area contributed by atoms with Crippen molar-refractivity contribution in [1.29, 1.82) is 0 Å². The Kier molecular flexibility index (Phi) is 4.91. The molecule has 2 aromatic rings. The molecule has 1 atom stereocenters. The topological polar surface area (TPSA) is 0 Å². The van der Waals surface area contributed by atoms with Crippen LogP contribution < -0.4 is 0 Å². The maximum atomic E-state index is 3.81. The quantitative estimate of drug-likeness (QED) is 0.454. The molecule has 0 saturated carbocycles. The molecule has 19 heavy (non-hydrogen) atoms. The van der Waals surface area contributed by atoms with Gasteiger partial charge in [0.15, 0.2) is 0 Å². The number of halogens is 3. The normalized spacial score (nSPS) is 12.5. The first kappa shape index (κ1) is 15.3. The van der Waals surface area contributed by atoms with Gasteiger partial charge in [0, 0.05) is 8.95 Å². The summed E-state index contributed by atoms with van der Waals surface area (Å²) in [5.41, 5.74) is 6.40. The van der Waals surface area contributed by atoms with Crippen molar-refractivity contribution in [3.8, 4) is 0 Å². The summed E-state index contributed by atoms with van der Waals surface area (Å²) in [6, 6.07) is 10.9. The predicted octanol–water partition coefficient (Wildman–Crippen LogP) is 6.62. The van der Waals surface area contributed by atoms with Crippen LogP contribution in [0, 0.1) is 20.8 Å². The summed E-state index contributed by atoms with van der Waals surface area (Å²) < 4.78 is 2.27. The van der Waals surface area contributed by atoms with E-state index in [-0.39, 0.29) is 4.83 Å². The number of aryl methyl sites for hydroxylation is 3. The van der Waals surface area contributed by atoms with E-state index in [1.54, 1.807) is 0 Å². The molecule has 0 fully saturated rings. The Morgan fingerprint density at radius 1 is 0.789 bits per heavy atom. The van der Waals surface area contributed by atoms with Gasteiger partial charge in [0.1, 0.15) is 0 Å². The molecule has 0 bridgehead atoms. The van der Waals surface area contributed by atoms with E-state index in [4.69, 9.17) is 0 Å². The lowest BCUT2D eigenvalue weighted by molar-refractivity contribution is 1.13. The van der Waals surface area contributed by atoms with Crippen LogP contribution in [0.25, 0.3) is 0 Å². The van der Waals surface area contributed by atoms with Gasteiger partial charge in [0.05, 0.1) is 4.83 Å². The largest absolute Gasteiger partial charge is 0.0786 e. The minimum Gasteiger partial charge on any atom is -0.0786 e. The lowest BCUT2D eigenvalue weighted by Crippen LogP contribution is -1.96. The van der Waals surface area contributed by atoms with Crippen LogP contribution in [0.15, 0.2) is 39.3 Å². The van der Waals surface area contributed by atoms with E-state index in [0.29, 0.717) is 0 Å². The van der Waals surface area contributed by atoms with Crippen molar-refractivity contribution >= 4 is 47.8 Å². The predicted molar refractivity (Wildman–Crippen MR) is 93.3 cm³/mol. The third-order valence-electron chi connectivity index (χ3n) is 3.37. The number of alkyl halides is 1. The van der Waals surface area contributed by atoms with Crippen LogP contribution in [0.5, 0.6) is 0 Å². The van der Waals surface area contributed by atoms with E-state index < -0.39 is 0 Å². The molecule has 0 saturated heterocycles. The van der Waals surface area contributed by atoms with Crippen molar-refractivity contribution < 1.29 is 0 Å². The van der Waals surface area contributed by atoms with Crippen LogP contribution >= 0.6 is 47.8 Å². The zero-order chi connectivity index (χ0) is 14.2. The van der Waals surface area contributed by atoms with Gasteiger partial charge in [-0.05, 0) is 60.7 Å². The highest BCUT2D eigenvalue weighted by Gasteiger charge is 2.15. The summed E-state index contributed by atoms with van der Waals surface area (Å²) in [7, 11) is 0. The second kappa shape index (κ2) is 6.11. The average Bonchev–Trinajstić information content (AvgIpc) is 2.36. The van der Waals surface area contributed by atoms with Crippen molar-refractivity contribution in [2.24, 2.45) is 0 Å². The van der Waals surface area contributed by atoms with Crippen LogP contribution in [0.3, 0.4) is 0 Å². The van der Waals surface area contributed by atoms with Gasteiger partial charge in [-0.1, -0.05) is 66.0 Å². The Balaban J connectivity index is 2.46. The van der Waals surface area contributed by atoms with E-state index in [2.05, 4.69) is 98.9 Å². The highest BCUT2D eigenvalue weighted by atomic mass is 79.9. The van der Waals surface area contributed by atoms with Gasteiger partial charge in [-0.2, -0.15) is 0 Å². The third kappa shape index (κ3) is 3.32. The maximum absolute atomic E-state index is 3.81. The number of rotatable bonds is 2. The summed E-state index contributed by atoms with van der Waals surface area (Å²) in [5.74, 6) is 0. The molecule has 2 aromatic carbocycles. The van der Waals surface area contributed by atoms with Crippen LogP contribution in [0.2, 0.25) is 0 Å². The van der Waals surface area contributed by atoms with Gasteiger partial charge in [0.25, 0.3) is 0 Å². The number of hydrogen-bond donors (Lipinski definition) is 0. The summed E-state index contributed by atoms with van der Waals surface area (Å²) in [6.07, 6.45) is 0. The Morgan fingerprint density at radius 2 is 1.47 bits per heavy atom. The molecule has 2 rings (SSSR count). The first-order valence-corrected chi connectivity index (χ1v) is 8.57. The van der Waals surface area contributed by atoms with Gasteiger partial charge >= 0.3 is 0 Å². The van der Waals surface area contributed by atoms with Gasteiger partial charge in [-0.3, -0.25) is 0 Å². The van der Waals surface area contributed by atoms with E-state index in [1.807, 2.05) is 0 Å². The zero-order valence-electron chi connectivity index (χ0n) is 11.1. The van der Waals surface area contributed by atoms with Crippen LogP contribution in [0.1, 0.15) is 32.6 Å². The van der Waals surface area contributed by atoms with Crippen molar-refractivity contribution in [3.63, 3.8) is 0 Å². The van der Waals surface area contributed by atoms with Crippen molar-refractivity contribution in [2.75, 3.05) is 0 Å². The van der Waals surface area contributed by atoms with Gasteiger partial charge in [-0.25, -0.2) is 0 Å². The zero-order valence-corrected chi connectivity index (χ0v) is 15.9. The summed E-state index contributed by atoms with van der Waals surface area (Å²) >= 11 is 11.1. The third-order valence-corrected chi connectivity index (χ3v) is 5.94. The Bertz CT molecular complexity index is 618. The molecule has 100 valence electrons. The second-order valence-electron chi connectivity index (χ2n) is 4.83. The molecule has 0 radical (unpaired) electrons. The van der Waals surface area contributed by atoms with Crippen molar-refractivity contribution in [3.05, 3.63) is 67.1 Å². The molecule has 1 unspecified atom stereocenters. The van der Waals surface area contributed by atoms with E-state index in [9.17, 15) is 0 Å². The molecule has 0 nitrogen and oxygen atoms in total. The summed E-state index contributed by atoms with van der Waals surface area (Å²) in [4.78, 5) is 0.193. The first-order valence-electron chi connectivity index (χ1n) is 6.07. The van der Waals surface area contributed by atoms with E-state index in [0.717, 1.165) is 8.95 Å². The fourth-order valence-corrected chi connectivity index (χ4v) is 3.98. The molecule has 0 aromatic heterocycles. The van der Waals surface area contributed by atoms with Gasteiger partial charge < -0.3 is 0 Å². The van der Waals surface area contributed by atoms with Crippen molar-refractivity contribution in [2.45, 2.75) is 25.6 Å². The standard InChI is InChI=1S/C16H15Br3/c1-9-4-5-12(6-10(9)2)16(19)13-8-14(17)11(3)7-15(13)18/h4-8,16H,1-3H3. The minimum absolute atomic E-state index is 0.193. The Morgan fingerprint density at radius 3 is 2.11 bits per heavy atom.